The first-order valence-electron chi connectivity index (χ1n) is 4.80. The van der Waals surface area contributed by atoms with Crippen LogP contribution < -0.4 is 0 Å². The van der Waals surface area contributed by atoms with Gasteiger partial charge in [0.2, 0.25) is 0 Å². The van der Waals surface area contributed by atoms with E-state index in [9.17, 15) is 5.11 Å². The second kappa shape index (κ2) is 4.13. The highest BCUT2D eigenvalue weighted by molar-refractivity contribution is 5.85. The van der Waals surface area contributed by atoms with Gasteiger partial charge in [0.15, 0.2) is 0 Å². The summed E-state index contributed by atoms with van der Waals surface area (Å²) in [6, 6.07) is 3.77. The summed E-state index contributed by atoms with van der Waals surface area (Å²) in [5.74, 6) is 0.334. The Balaban J connectivity index is 0.000000461. The SMILES string of the molecule is CC.Cc1ccc2nn(C)cc2c1O. The van der Waals surface area contributed by atoms with E-state index in [2.05, 4.69) is 5.10 Å². The minimum atomic E-state index is 0.334. The fraction of sp³-hybridized carbons (Fsp3) is 0.364. The Bertz CT molecular complexity index is 432. The second-order valence-corrected chi connectivity index (χ2v) is 2.97. The Labute approximate surface area is 84.0 Å². The first kappa shape index (κ1) is 10.6. The highest BCUT2D eigenvalue weighted by Gasteiger charge is 2.04. The third-order valence-corrected chi connectivity index (χ3v) is 1.98. The summed E-state index contributed by atoms with van der Waals surface area (Å²) in [5.41, 5.74) is 1.72. The standard InChI is InChI=1S/C9H10N2O.C2H6/c1-6-3-4-8-7(9(6)12)5-11(2)10-8;1-2/h3-5,12H,1-2H3;1-2H3. The molecular weight excluding hydrogens is 176 g/mol. The van der Waals surface area contributed by atoms with Gasteiger partial charge in [0.1, 0.15) is 5.75 Å². The maximum Gasteiger partial charge on any atom is 0.129 e. The number of aryl methyl sites for hydroxylation is 2. The van der Waals surface area contributed by atoms with Gasteiger partial charge in [0.05, 0.1) is 10.9 Å². The molecule has 0 amide bonds. The van der Waals surface area contributed by atoms with Gasteiger partial charge in [0.25, 0.3) is 0 Å². The fourth-order valence-electron chi connectivity index (χ4n) is 1.31. The number of phenols is 1. The molecule has 0 unspecified atom stereocenters. The Morgan fingerprint density at radius 1 is 1.29 bits per heavy atom. The molecule has 3 nitrogen and oxygen atoms in total. The molecule has 0 aliphatic rings. The molecule has 0 fully saturated rings. The van der Waals surface area contributed by atoms with Crippen LogP contribution in [0.15, 0.2) is 18.3 Å². The molecule has 0 aliphatic heterocycles. The van der Waals surface area contributed by atoms with Crippen LogP contribution in [0.2, 0.25) is 0 Å². The normalized spacial score (nSPS) is 9.71. The number of rotatable bonds is 0. The Kier molecular flexibility index (Phi) is 3.12. The first-order chi connectivity index (χ1) is 6.68. The van der Waals surface area contributed by atoms with Crippen molar-refractivity contribution in [1.29, 1.82) is 0 Å². The Morgan fingerprint density at radius 3 is 2.57 bits per heavy atom. The Morgan fingerprint density at radius 2 is 1.93 bits per heavy atom. The zero-order valence-corrected chi connectivity index (χ0v) is 9.07. The van der Waals surface area contributed by atoms with Crippen molar-refractivity contribution in [3.63, 3.8) is 0 Å². The van der Waals surface area contributed by atoms with Crippen LogP contribution in [0.3, 0.4) is 0 Å². The molecule has 0 spiro atoms. The maximum atomic E-state index is 9.62. The van der Waals surface area contributed by atoms with Gasteiger partial charge in [-0.1, -0.05) is 19.9 Å². The maximum absolute atomic E-state index is 9.62. The summed E-state index contributed by atoms with van der Waals surface area (Å²) >= 11 is 0. The molecule has 2 rings (SSSR count). The van der Waals surface area contributed by atoms with Gasteiger partial charge >= 0.3 is 0 Å². The number of benzene rings is 1. The third-order valence-electron chi connectivity index (χ3n) is 1.98. The number of phenolic OH excluding ortho intramolecular Hbond substituents is 1. The van der Waals surface area contributed by atoms with E-state index in [1.807, 2.05) is 46.1 Å². The molecule has 76 valence electrons. The molecule has 1 N–H and O–H groups in total. The van der Waals surface area contributed by atoms with Gasteiger partial charge in [-0.3, -0.25) is 4.68 Å². The van der Waals surface area contributed by atoms with E-state index < -0.39 is 0 Å². The van der Waals surface area contributed by atoms with Crippen LogP contribution in [0, 0.1) is 6.92 Å². The molecule has 0 atom stereocenters. The van der Waals surface area contributed by atoms with Crippen molar-refractivity contribution in [2.45, 2.75) is 20.8 Å². The molecule has 3 heteroatoms. The van der Waals surface area contributed by atoms with Crippen LogP contribution >= 0.6 is 0 Å². The van der Waals surface area contributed by atoms with Crippen LogP contribution in [0.25, 0.3) is 10.9 Å². The lowest BCUT2D eigenvalue weighted by Gasteiger charge is -1.96. The lowest BCUT2D eigenvalue weighted by Crippen LogP contribution is -1.84. The number of hydrogen-bond donors (Lipinski definition) is 1. The van der Waals surface area contributed by atoms with Crippen molar-refractivity contribution < 1.29 is 5.11 Å². The zero-order chi connectivity index (χ0) is 10.7. The van der Waals surface area contributed by atoms with E-state index in [1.54, 1.807) is 4.68 Å². The van der Waals surface area contributed by atoms with E-state index in [0.29, 0.717) is 5.75 Å². The monoisotopic (exact) mass is 192 g/mol. The highest BCUT2D eigenvalue weighted by Crippen LogP contribution is 2.26. The highest BCUT2D eigenvalue weighted by atomic mass is 16.3. The molecule has 0 radical (unpaired) electrons. The largest absolute Gasteiger partial charge is 0.507 e. The Hall–Kier alpha value is -1.51. The van der Waals surface area contributed by atoms with Gasteiger partial charge < -0.3 is 5.11 Å². The number of nitrogens with zero attached hydrogens (tertiary/aromatic N) is 2. The summed E-state index contributed by atoms with van der Waals surface area (Å²) in [6.45, 7) is 5.88. The van der Waals surface area contributed by atoms with E-state index >= 15 is 0 Å². The van der Waals surface area contributed by atoms with Crippen LogP contribution in [-0.2, 0) is 7.05 Å². The molecule has 0 saturated heterocycles. The molecule has 0 saturated carbocycles. The molecule has 0 aliphatic carbocycles. The van der Waals surface area contributed by atoms with E-state index in [1.165, 1.54) is 0 Å². The van der Waals surface area contributed by atoms with E-state index in [0.717, 1.165) is 16.5 Å². The molecule has 1 aromatic carbocycles. The minimum absolute atomic E-state index is 0.334. The van der Waals surface area contributed by atoms with E-state index in [4.69, 9.17) is 0 Å². The van der Waals surface area contributed by atoms with Gasteiger partial charge in [0, 0.05) is 13.2 Å². The van der Waals surface area contributed by atoms with Crippen LogP contribution in [-0.4, -0.2) is 14.9 Å². The lowest BCUT2D eigenvalue weighted by atomic mass is 10.1. The van der Waals surface area contributed by atoms with Crippen molar-refractivity contribution in [2.24, 2.45) is 7.05 Å². The second-order valence-electron chi connectivity index (χ2n) is 2.97. The van der Waals surface area contributed by atoms with Crippen molar-refractivity contribution in [1.82, 2.24) is 9.78 Å². The lowest BCUT2D eigenvalue weighted by molar-refractivity contribution is 0.477. The third kappa shape index (κ3) is 1.71. The fourth-order valence-corrected chi connectivity index (χ4v) is 1.31. The van der Waals surface area contributed by atoms with Gasteiger partial charge in [-0.2, -0.15) is 5.10 Å². The smallest absolute Gasteiger partial charge is 0.129 e. The van der Waals surface area contributed by atoms with Crippen LogP contribution in [0.4, 0.5) is 0 Å². The average Bonchev–Trinajstić information content (AvgIpc) is 2.57. The van der Waals surface area contributed by atoms with Crippen molar-refractivity contribution in [3.05, 3.63) is 23.9 Å². The number of fused-ring (bicyclic) bond motifs is 1. The summed E-state index contributed by atoms with van der Waals surface area (Å²) < 4.78 is 1.70. The van der Waals surface area contributed by atoms with Gasteiger partial charge in [-0.05, 0) is 18.6 Å². The average molecular weight is 192 g/mol. The first-order valence-corrected chi connectivity index (χ1v) is 4.80. The summed E-state index contributed by atoms with van der Waals surface area (Å²) in [7, 11) is 1.84. The molecule has 1 heterocycles. The van der Waals surface area contributed by atoms with Gasteiger partial charge in [-0.15, -0.1) is 0 Å². The predicted molar refractivity (Wildman–Crippen MR) is 58.5 cm³/mol. The molecule has 14 heavy (non-hydrogen) atoms. The minimum Gasteiger partial charge on any atom is -0.507 e. The molecule has 2 aromatic rings. The number of hydrogen-bond acceptors (Lipinski definition) is 2. The van der Waals surface area contributed by atoms with Crippen LogP contribution in [0.5, 0.6) is 5.75 Å². The van der Waals surface area contributed by atoms with Crippen molar-refractivity contribution in [3.8, 4) is 5.75 Å². The zero-order valence-electron chi connectivity index (χ0n) is 9.07. The summed E-state index contributed by atoms with van der Waals surface area (Å²) in [4.78, 5) is 0. The summed E-state index contributed by atoms with van der Waals surface area (Å²) in [6.07, 6.45) is 1.82. The predicted octanol–water partition coefficient (Wildman–Crippen LogP) is 2.61. The quantitative estimate of drug-likeness (QED) is 0.696. The number of aromatic nitrogens is 2. The topological polar surface area (TPSA) is 38.0 Å². The van der Waals surface area contributed by atoms with Crippen molar-refractivity contribution in [2.75, 3.05) is 0 Å². The molecular formula is C11H16N2O. The molecule has 0 bridgehead atoms. The van der Waals surface area contributed by atoms with E-state index in [-0.39, 0.29) is 0 Å². The molecule has 1 aromatic heterocycles. The van der Waals surface area contributed by atoms with Crippen molar-refractivity contribution >= 4 is 10.9 Å². The van der Waals surface area contributed by atoms with Crippen LogP contribution in [0.1, 0.15) is 19.4 Å². The summed E-state index contributed by atoms with van der Waals surface area (Å²) in [5, 5.41) is 14.6. The number of aromatic hydroxyl groups is 1. The van der Waals surface area contributed by atoms with Gasteiger partial charge in [-0.25, -0.2) is 0 Å².